The number of halogens is 3. The number of nitrogens with zero attached hydrogens (tertiary/aromatic N) is 5. The van der Waals surface area contributed by atoms with Crippen LogP contribution in [0.1, 0.15) is 31.7 Å². The number of likely N-dealkylation sites (tertiary alicyclic amines) is 1. The lowest BCUT2D eigenvalue weighted by Gasteiger charge is -2.41. The maximum absolute atomic E-state index is 13.6. The van der Waals surface area contributed by atoms with E-state index in [0.717, 1.165) is 12.2 Å². The van der Waals surface area contributed by atoms with E-state index in [4.69, 9.17) is 10.00 Å². The van der Waals surface area contributed by atoms with Crippen LogP contribution in [0, 0.1) is 17.2 Å². The Kier molecular flexibility index (Phi) is 8.51. The number of hydrogen-bond acceptors (Lipinski definition) is 8. The lowest BCUT2D eigenvalue weighted by atomic mass is 9.94. The fraction of sp³-hybridized carbons (Fsp3) is 0.667. The molecule has 0 bridgehead atoms. The molecule has 3 fully saturated rings. The first-order valence-corrected chi connectivity index (χ1v) is 12.5. The average molecular weight is 524 g/mol. The van der Waals surface area contributed by atoms with E-state index in [2.05, 4.69) is 20.7 Å². The van der Waals surface area contributed by atoms with Gasteiger partial charge in [-0.2, -0.15) is 18.4 Å². The highest BCUT2D eigenvalue weighted by Gasteiger charge is 2.54. The predicted molar refractivity (Wildman–Crippen MR) is 127 cm³/mol. The number of amides is 2. The lowest BCUT2D eigenvalue weighted by molar-refractivity contribution is -0.202. The van der Waals surface area contributed by atoms with Gasteiger partial charge in [-0.05, 0) is 38.4 Å². The highest BCUT2D eigenvalue weighted by molar-refractivity contribution is 5.80. The summed E-state index contributed by atoms with van der Waals surface area (Å²) in [6.45, 7) is 4.80. The number of carbonyl (C=O) groups is 2. The van der Waals surface area contributed by atoms with Crippen LogP contribution in [0.4, 0.5) is 19.0 Å². The number of carbonyl (C=O) groups excluding carboxylic acids is 2. The van der Waals surface area contributed by atoms with E-state index in [1.807, 2.05) is 6.07 Å². The molecule has 2 unspecified atom stereocenters. The molecule has 10 nitrogen and oxygen atoms in total. The van der Waals surface area contributed by atoms with Gasteiger partial charge in [0.1, 0.15) is 11.9 Å². The summed E-state index contributed by atoms with van der Waals surface area (Å²) in [5.74, 6) is -2.42. The molecule has 1 aromatic rings. The van der Waals surface area contributed by atoms with Crippen molar-refractivity contribution >= 4 is 17.6 Å². The van der Waals surface area contributed by atoms with Gasteiger partial charge in [-0.25, -0.2) is 10.4 Å². The molecule has 4 rings (SSSR count). The van der Waals surface area contributed by atoms with Crippen LogP contribution < -0.4 is 15.8 Å². The average Bonchev–Trinajstić information content (AvgIpc) is 3.35. The number of hydrazine groups is 1. The van der Waals surface area contributed by atoms with Crippen molar-refractivity contribution in [1.29, 1.82) is 5.26 Å². The molecule has 0 aliphatic carbocycles. The Labute approximate surface area is 213 Å². The van der Waals surface area contributed by atoms with Gasteiger partial charge < -0.3 is 14.5 Å². The number of hydrogen-bond donors (Lipinski definition) is 2. The van der Waals surface area contributed by atoms with Crippen LogP contribution in [0.15, 0.2) is 18.3 Å². The Hall–Kier alpha value is -2.95. The number of pyridine rings is 1. The molecule has 37 heavy (non-hydrogen) atoms. The molecule has 2 amide bonds. The van der Waals surface area contributed by atoms with Gasteiger partial charge in [0, 0.05) is 51.0 Å². The van der Waals surface area contributed by atoms with E-state index < -0.39 is 24.0 Å². The minimum Gasteiger partial charge on any atom is -0.376 e. The third kappa shape index (κ3) is 6.49. The molecular formula is C24H32F3N7O3. The van der Waals surface area contributed by atoms with E-state index in [1.165, 1.54) is 6.20 Å². The first kappa shape index (κ1) is 27.1. The van der Waals surface area contributed by atoms with Gasteiger partial charge in [0.25, 0.3) is 0 Å². The van der Waals surface area contributed by atoms with Crippen molar-refractivity contribution in [2.45, 2.75) is 50.6 Å². The van der Waals surface area contributed by atoms with Gasteiger partial charge in [-0.3, -0.25) is 19.9 Å². The standard InChI is InChI=1S/C24H32F3N7O3/c1-16(11-21(35)33-9-7-32(8-10-33)20-5-4-17(12-28)13-29-20)37-15-18-3-2-6-34(18)19-14-30-31-23(36)22(19)24(25,26)27/h4-5,13,16,18-19,22,30H,2-3,6-11,14-15H2,1H3,(H,31,36)/t16-,18+,19?,22?/m1/s1. The Bertz CT molecular complexity index is 993. The van der Waals surface area contributed by atoms with E-state index in [9.17, 15) is 22.8 Å². The minimum atomic E-state index is -4.63. The van der Waals surface area contributed by atoms with Crippen LogP contribution in [0.5, 0.6) is 0 Å². The van der Waals surface area contributed by atoms with E-state index in [0.29, 0.717) is 44.7 Å². The molecule has 4 heterocycles. The maximum atomic E-state index is 13.6. The summed E-state index contributed by atoms with van der Waals surface area (Å²) >= 11 is 0. The summed E-state index contributed by atoms with van der Waals surface area (Å²) in [7, 11) is 0. The van der Waals surface area contributed by atoms with E-state index in [-0.39, 0.29) is 37.6 Å². The molecule has 0 radical (unpaired) electrons. The van der Waals surface area contributed by atoms with Crippen molar-refractivity contribution < 1.29 is 27.5 Å². The molecule has 0 aromatic carbocycles. The summed E-state index contributed by atoms with van der Waals surface area (Å²) in [5, 5.41) is 8.91. The summed E-state index contributed by atoms with van der Waals surface area (Å²) < 4.78 is 46.7. The summed E-state index contributed by atoms with van der Waals surface area (Å²) in [5.41, 5.74) is 5.17. The summed E-state index contributed by atoms with van der Waals surface area (Å²) in [6, 6.07) is 4.31. The second kappa shape index (κ2) is 11.6. The highest BCUT2D eigenvalue weighted by atomic mass is 19.4. The molecule has 13 heteroatoms. The first-order valence-electron chi connectivity index (χ1n) is 12.5. The number of rotatable bonds is 7. The quantitative estimate of drug-likeness (QED) is 0.545. The molecule has 0 saturated carbocycles. The number of anilines is 1. The molecule has 4 atom stereocenters. The fourth-order valence-electron chi connectivity index (χ4n) is 5.30. The Morgan fingerprint density at radius 1 is 1.27 bits per heavy atom. The number of nitriles is 1. The summed E-state index contributed by atoms with van der Waals surface area (Å²) in [6.07, 6.45) is -1.91. The normalized spacial score (nSPS) is 26.0. The second-order valence-corrected chi connectivity index (χ2v) is 9.72. The number of nitrogens with one attached hydrogen (secondary N) is 2. The van der Waals surface area contributed by atoms with Gasteiger partial charge in [0.05, 0.1) is 24.7 Å². The van der Waals surface area contributed by atoms with E-state index in [1.54, 1.807) is 28.9 Å². The monoisotopic (exact) mass is 523 g/mol. The van der Waals surface area contributed by atoms with Crippen LogP contribution >= 0.6 is 0 Å². The van der Waals surface area contributed by atoms with Crippen LogP contribution in [-0.2, 0) is 14.3 Å². The molecule has 3 saturated heterocycles. The third-order valence-electron chi connectivity index (χ3n) is 7.26. The molecule has 1 aromatic heterocycles. The highest BCUT2D eigenvalue weighted by Crippen LogP contribution is 2.35. The number of aromatic nitrogens is 1. The number of piperazine rings is 1. The zero-order valence-corrected chi connectivity index (χ0v) is 20.7. The molecule has 3 aliphatic heterocycles. The van der Waals surface area contributed by atoms with Gasteiger partial charge in [0.15, 0.2) is 5.92 Å². The van der Waals surface area contributed by atoms with Crippen LogP contribution in [0.25, 0.3) is 0 Å². The van der Waals surface area contributed by atoms with Gasteiger partial charge >= 0.3 is 6.18 Å². The third-order valence-corrected chi connectivity index (χ3v) is 7.26. The van der Waals surface area contributed by atoms with Gasteiger partial charge in [-0.15, -0.1) is 0 Å². The molecule has 3 aliphatic rings. The predicted octanol–water partition coefficient (Wildman–Crippen LogP) is 1.04. The van der Waals surface area contributed by atoms with Crippen molar-refractivity contribution in [3.63, 3.8) is 0 Å². The second-order valence-electron chi connectivity index (χ2n) is 9.72. The zero-order valence-electron chi connectivity index (χ0n) is 20.7. The Morgan fingerprint density at radius 3 is 2.68 bits per heavy atom. The van der Waals surface area contributed by atoms with Crippen molar-refractivity contribution in [3.05, 3.63) is 23.9 Å². The lowest BCUT2D eigenvalue weighted by Crippen LogP contribution is -2.65. The fourth-order valence-corrected chi connectivity index (χ4v) is 5.30. The Morgan fingerprint density at radius 2 is 2.03 bits per heavy atom. The van der Waals surface area contributed by atoms with Gasteiger partial charge in [0.2, 0.25) is 11.8 Å². The molecule has 0 spiro atoms. The van der Waals surface area contributed by atoms with Crippen molar-refractivity contribution in [2.24, 2.45) is 5.92 Å². The maximum Gasteiger partial charge on any atom is 0.402 e. The van der Waals surface area contributed by atoms with Crippen LogP contribution in [-0.4, -0.2) is 96.8 Å². The molecule has 2 N–H and O–H groups in total. The van der Waals surface area contributed by atoms with Crippen molar-refractivity contribution in [2.75, 3.05) is 50.8 Å². The summed E-state index contributed by atoms with van der Waals surface area (Å²) in [4.78, 5) is 34.7. The topological polar surface area (TPSA) is 114 Å². The first-order chi connectivity index (χ1) is 17.7. The van der Waals surface area contributed by atoms with Crippen LogP contribution in [0.3, 0.4) is 0 Å². The number of ether oxygens (including phenoxy) is 1. The SMILES string of the molecule is C[C@H](CC(=O)N1CCN(c2ccc(C#N)cn2)CC1)OC[C@@H]1CCCN1C1CNNC(=O)C1C(F)(F)F. The zero-order chi connectivity index (χ0) is 26.6. The largest absolute Gasteiger partial charge is 0.402 e. The smallest absolute Gasteiger partial charge is 0.376 e. The molecule has 202 valence electrons. The van der Waals surface area contributed by atoms with Crippen molar-refractivity contribution in [1.82, 2.24) is 25.6 Å². The van der Waals surface area contributed by atoms with Crippen molar-refractivity contribution in [3.8, 4) is 6.07 Å². The minimum absolute atomic E-state index is 0.00439. The molecular weight excluding hydrogens is 491 g/mol. The van der Waals surface area contributed by atoms with Crippen LogP contribution in [0.2, 0.25) is 0 Å². The van der Waals surface area contributed by atoms with Gasteiger partial charge in [-0.1, -0.05) is 0 Å². The van der Waals surface area contributed by atoms with E-state index >= 15 is 0 Å². The Balaban J connectivity index is 1.24. The number of alkyl halides is 3.